The number of carboxylic acids is 1. The number of ether oxygens (including phenoxy) is 1. The van der Waals surface area contributed by atoms with E-state index in [9.17, 15) is 22.8 Å². The Labute approximate surface area is 106 Å². The number of rotatable bonds is 8. The van der Waals surface area contributed by atoms with Crippen LogP contribution in [0.1, 0.15) is 6.42 Å². The van der Waals surface area contributed by atoms with Crippen LogP contribution in [0.15, 0.2) is 0 Å². The minimum absolute atomic E-state index is 0.0571. The second kappa shape index (κ2) is 8.20. The molecule has 0 spiro atoms. The van der Waals surface area contributed by atoms with Crippen molar-refractivity contribution in [3.05, 3.63) is 0 Å². The van der Waals surface area contributed by atoms with Crippen molar-refractivity contribution in [3.63, 3.8) is 0 Å². The number of carbonyl (C=O) groups is 2. The van der Waals surface area contributed by atoms with Crippen LogP contribution in [-0.4, -0.2) is 54.4 Å². The number of amides is 1. The number of carbonyl (C=O) groups excluding carboxylic acids is 1. The Morgan fingerprint density at radius 2 is 2.06 bits per heavy atom. The first-order valence-electron chi connectivity index (χ1n) is 4.92. The van der Waals surface area contributed by atoms with E-state index >= 15 is 0 Å². The maximum Gasteiger partial charge on any atom is 0.397 e. The molecule has 18 heavy (non-hydrogen) atoms. The zero-order valence-corrected chi connectivity index (χ0v) is 10.4. The molecule has 0 heterocycles. The van der Waals surface area contributed by atoms with Gasteiger partial charge in [-0.1, -0.05) is 0 Å². The average molecular weight is 289 g/mol. The molecule has 1 unspecified atom stereocenters. The molecular formula is C9H14F3NO4S. The number of thioether (sulfide) groups is 1. The van der Waals surface area contributed by atoms with Gasteiger partial charge >= 0.3 is 12.1 Å². The Bertz CT molecular complexity index is 285. The zero-order valence-electron chi connectivity index (χ0n) is 9.62. The SMILES string of the molecule is COCCC(NC(=O)CSCC(F)(F)F)C(=O)O. The first-order chi connectivity index (χ1) is 8.26. The monoisotopic (exact) mass is 289 g/mol. The summed E-state index contributed by atoms with van der Waals surface area (Å²) in [5.41, 5.74) is 0. The van der Waals surface area contributed by atoms with Gasteiger partial charge in [-0.3, -0.25) is 4.79 Å². The number of halogens is 3. The Balaban J connectivity index is 3.99. The lowest BCUT2D eigenvalue weighted by molar-refractivity contribution is -0.142. The summed E-state index contributed by atoms with van der Waals surface area (Å²) in [5, 5.41) is 10.9. The van der Waals surface area contributed by atoms with Gasteiger partial charge in [-0.25, -0.2) is 4.79 Å². The van der Waals surface area contributed by atoms with Gasteiger partial charge in [0.25, 0.3) is 0 Å². The molecule has 0 fully saturated rings. The molecule has 5 nitrogen and oxygen atoms in total. The van der Waals surface area contributed by atoms with Crippen LogP contribution in [0.5, 0.6) is 0 Å². The van der Waals surface area contributed by atoms with E-state index in [1.807, 2.05) is 0 Å². The quantitative estimate of drug-likeness (QED) is 0.694. The topological polar surface area (TPSA) is 75.6 Å². The van der Waals surface area contributed by atoms with E-state index in [-0.39, 0.29) is 13.0 Å². The maximum absolute atomic E-state index is 11.8. The van der Waals surface area contributed by atoms with Gasteiger partial charge in [-0.05, 0) is 0 Å². The third-order valence-corrected chi connectivity index (χ3v) is 2.74. The van der Waals surface area contributed by atoms with Gasteiger partial charge in [-0.15, -0.1) is 11.8 Å². The molecule has 0 aromatic carbocycles. The number of alkyl halides is 3. The number of hydrogen-bond donors (Lipinski definition) is 2. The van der Waals surface area contributed by atoms with E-state index in [4.69, 9.17) is 5.11 Å². The van der Waals surface area contributed by atoms with Gasteiger partial charge in [0.15, 0.2) is 0 Å². The number of methoxy groups -OCH3 is 1. The number of carboxylic acid groups (broad SMARTS) is 1. The lowest BCUT2D eigenvalue weighted by atomic mass is 10.2. The summed E-state index contributed by atoms with van der Waals surface area (Å²) >= 11 is 0.385. The minimum Gasteiger partial charge on any atom is -0.480 e. The summed E-state index contributed by atoms with van der Waals surface area (Å²) in [6.45, 7) is 0.132. The normalized spacial score (nSPS) is 13.1. The van der Waals surface area contributed by atoms with Crippen molar-refractivity contribution in [2.45, 2.75) is 18.6 Å². The first-order valence-corrected chi connectivity index (χ1v) is 6.07. The highest BCUT2D eigenvalue weighted by Crippen LogP contribution is 2.20. The fourth-order valence-electron chi connectivity index (χ4n) is 0.989. The first kappa shape index (κ1) is 17.0. The molecule has 0 rings (SSSR count). The predicted molar refractivity (Wildman–Crippen MR) is 59.4 cm³/mol. The van der Waals surface area contributed by atoms with Gasteiger partial charge in [0, 0.05) is 20.1 Å². The van der Waals surface area contributed by atoms with Crippen LogP contribution in [0.25, 0.3) is 0 Å². The number of nitrogens with one attached hydrogen (secondary N) is 1. The molecule has 106 valence electrons. The molecule has 1 atom stereocenters. The summed E-state index contributed by atoms with van der Waals surface area (Å²) in [7, 11) is 1.37. The lowest BCUT2D eigenvalue weighted by Crippen LogP contribution is -2.42. The second-order valence-electron chi connectivity index (χ2n) is 3.35. The van der Waals surface area contributed by atoms with Gasteiger partial charge in [0.2, 0.25) is 5.91 Å². The van der Waals surface area contributed by atoms with Gasteiger partial charge in [0.05, 0.1) is 11.5 Å². The van der Waals surface area contributed by atoms with Crippen LogP contribution in [0.2, 0.25) is 0 Å². The molecule has 0 saturated carbocycles. The summed E-state index contributed by atoms with van der Waals surface area (Å²) < 4.78 is 40.1. The molecule has 2 N–H and O–H groups in total. The van der Waals surface area contributed by atoms with Crippen LogP contribution in [0.3, 0.4) is 0 Å². The highest BCUT2D eigenvalue weighted by atomic mass is 32.2. The molecule has 0 aromatic rings. The van der Waals surface area contributed by atoms with Crippen molar-refractivity contribution in [3.8, 4) is 0 Å². The number of hydrogen-bond acceptors (Lipinski definition) is 4. The lowest BCUT2D eigenvalue weighted by Gasteiger charge is -2.14. The molecule has 0 bridgehead atoms. The van der Waals surface area contributed by atoms with E-state index in [1.165, 1.54) is 7.11 Å². The average Bonchev–Trinajstić information content (AvgIpc) is 2.21. The van der Waals surface area contributed by atoms with E-state index in [0.717, 1.165) is 0 Å². The van der Waals surface area contributed by atoms with Crippen molar-refractivity contribution in [1.82, 2.24) is 5.32 Å². The Hall–Kier alpha value is -0.960. The van der Waals surface area contributed by atoms with Crippen LogP contribution in [-0.2, 0) is 14.3 Å². The molecule has 0 radical (unpaired) electrons. The molecule has 0 aliphatic heterocycles. The summed E-state index contributed by atoms with van der Waals surface area (Å²) in [5.74, 6) is -3.57. The fraction of sp³-hybridized carbons (Fsp3) is 0.778. The number of aliphatic carboxylic acids is 1. The largest absolute Gasteiger partial charge is 0.480 e. The standard InChI is InChI=1S/C9H14F3NO4S/c1-17-3-2-6(8(15)16)13-7(14)4-18-5-9(10,11)12/h6H,2-5H2,1H3,(H,13,14)(H,15,16). The second-order valence-corrected chi connectivity index (χ2v) is 4.33. The van der Waals surface area contributed by atoms with Crippen molar-refractivity contribution in [1.29, 1.82) is 0 Å². The predicted octanol–water partition coefficient (Wildman–Crippen LogP) is 0.888. The molecule has 1 amide bonds. The molecule has 0 aliphatic carbocycles. The van der Waals surface area contributed by atoms with Gasteiger partial charge in [0.1, 0.15) is 6.04 Å². The Morgan fingerprint density at radius 3 is 2.50 bits per heavy atom. The molecule has 9 heteroatoms. The van der Waals surface area contributed by atoms with E-state index in [2.05, 4.69) is 10.1 Å². The fourth-order valence-corrected chi connectivity index (χ4v) is 1.59. The molecule has 0 aromatic heterocycles. The summed E-state index contributed by atoms with van der Waals surface area (Å²) in [6, 6.07) is -1.15. The Kier molecular flexibility index (Phi) is 7.76. The van der Waals surface area contributed by atoms with Gasteiger partial charge < -0.3 is 15.2 Å². The highest BCUT2D eigenvalue weighted by molar-refractivity contribution is 8.00. The van der Waals surface area contributed by atoms with Crippen molar-refractivity contribution in [2.24, 2.45) is 0 Å². The summed E-state index contributed by atoms with van der Waals surface area (Å²) in [6.07, 6.45) is -4.28. The maximum atomic E-state index is 11.8. The van der Waals surface area contributed by atoms with E-state index < -0.39 is 35.6 Å². The smallest absolute Gasteiger partial charge is 0.397 e. The van der Waals surface area contributed by atoms with Crippen molar-refractivity contribution in [2.75, 3.05) is 25.2 Å². The third-order valence-electron chi connectivity index (χ3n) is 1.74. The molecule has 0 aliphatic rings. The van der Waals surface area contributed by atoms with Crippen LogP contribution < -0.4 is 5.32 Å². The van der Waals surface area contributed by atoms with Crippen LogP contribution in [0.4, 0.5) is 13.2 Å². The van der Waals surface area contributed by atoms with Gasteiger partial charge in [-0.2, -0.15) is 13.2 Å². The highest BCUT2D eigenvalue weighted by Gasteiger charge is 2.27. The minimum atomic E-state index is -4.34. The van der Waals surface area contributed by atoms with E-state index in [1.54, 1.807) is 0 Å². The Morgan fingerprint density at radius 1 is 1.44 bits per heavy atom. The van der Waals surface area contributed by atoms with E-state index in [0.29, 0.717) is 11.8 Å². The van der Waals surface area contributed by atoms with Crippen LogP contribution >= 0.6 is 11.8 Å². The third kappa shape index (κ3) is 9.11. The molecular weight excluding hydrogens is 275 g/mol. The summed E-state index contributed by atoms with van der Waals surface area (Å²) in [4.78, 5) is 21.9. The van der Waals surface area contributed by atoms with Crippen molar-refractivity contribution >= 4 is 23.6 Å². The zero-order chi connectivity index (χ0) is 14.2. The van der Waals surface area contributed by atoms with Crippen LogP contribution in [0, 0.1) is 0 Å². The van der Waals surface area contributed by atoms with Crippen molar-refractivity contribution < 1.29 is 32.6 Å². The molecule has 0 saturated heterocycles.